The molecule has 0 N–H and O–H groups in total. The summed E-state index contributed by atoms with van der Waals surface area (Å²) in [6, 6.07) is 15.3. The summed E-state index contributed by atoms with van der Waals surface area (Å²) in [4.78, 5) is 19.4. The average Bonchev–Trinajstić information content (AvgIpc) is 3.18. The number of aromatic nitrogens is 1. The summed E-state index contributed by atoms with van der Waals surface area (Å²) in [6.07, 6.45) is 1.29. The molecule has 1 aromatic heterocycles. The van der Waals surface area contributed by atoms with Gasteiger partial charge in [-0.05, 0) is 49.7 Å². The molecule has 0 saturated heterocycles. The van der Waals surface area contributed by atoms with Crippen molar-refractivity contribution in [3.8, 4) is 23.0 Å². The molecule has 4 aromatic rings. The van der Waals surface area contributed by atoms with E-state index in [0.717, 1.165) is 17.2 Å². The minimum absolute atomic E-state index is 0.0678. The molecule has 3 aromatic carbocycles. The van der Waals surface area contributed by atoms with E-state index in [-0.39, 0.29) is 23.6 Å². The Hall–Kier alpha value is -4.20. The molecule has 0 saturated carbocycles. The average molecular weight is 416 g/mol. The molecule has 31 heavy (non-hydrogen) atoms. The summed E-state index contributed by atoms with van der Waals surface area (Å²) in [5.74, 6) is -0.0359. The van der Waals surface area contributed by atoms with E-state index in [1.165, 1.54) is 12.3 Å². The van der Waals surface area contributed by atoms with Gasteiger partial charge in [0.15, 0.2) is 5.58 Å². The zero-order valence-corrected chi connectivity index (χ0v) is 16.9. The van der Waals surface area contributed by atoms with Crippen LogP contribution in [0.5, 0.6) is 11.5 Å². The van der Waals surface area contributed by atoms with Crippen LogP contribution >= 0.6 is 0 Å². The lowest BCUT2D eigenvalue weighted by molar-refractivity contribution is -0.385. The lowest BCUT2D eigenvalue weighted by Gasteiger charge is -2.16. The van der Waals surface area contributed by atoms with Gasteiger partial charge in [0.2, 0.25) is 5.89 Å². The maximum absolute atomic E-state index is 12.5. The van der Waals surface area contributed by atoms with Gasteiger partial charge in [0.25, 0.3) is 5.69 Å². The van der Waals surface area contributed by atoms with Crippen molar-refractivity contribution in [2.24, 2.45) is 4.99 Å². The number of rotatable bonds is 6. The summed E-state index contributed by atoms with van der Waals surface area (Å²) in [6.45, 7) is 3.93. The van der Waals surface area contributed by atoms with Crippen LogP contribution < -0.4 is 9.84 Å². The Labute approximate surface area is 177 Å². The fourth-order valence-electron chi connectivity index (χ4n) is 3.03. The Balaban J connectivity index is 1.67. The van der Waals surface area contributed by atoms with E-state index in [2.05, 4.69) is 9.98 Å². The first-order valence-corrected chi connectivity index (χ1v) is 9.58. The highest BCUT2D eigenvalue weighted by molar-refractivity contribution is 5.89. The number of nitro groups is 1. The van der Waals surface area contributed by atoms with Crippen molar-refractivity contribution < 1.29 is 19.2 Å². The molecule has 0 aliphatic carbocycles. The maximum atomic E-state index is 12.5. The highest BCUT2D eigenvalue weighted by atomic mass is 16.6. The van der Waals surface area contributed by atoms with Crippen molar-refractivity contribution in [2.45, 2.75) is 13.8 Å². The van der Waals surface area contributed by atoms with Gasteiger partial charge in [-0.25, -0.2) is 4.98 Å². The quantitative estimate of drug-likeness (QED) is 0.250. The van der Waals surface area contributed by atoms with Crippen LogP contribution in [0.3, 0.4) is 0 Å². The van der Waals surface area contributed by atoms with Gasteiger partial charge in [-0.15, -0.1) is 0 Å². The Bertz CT molecular complexity index is 1290. The third kappa shape index (κ3) is 4.23. The summed E-state index contributed by atoms with van der Waals surface area (Å²) in [5.41, 5.74) is 3.58. The van der Waals surface area contributed by atoms with Gasteiger partial charge in [-0.1, -0.05) is 23.4 Å². The second-order valence-corrected chi connectivity index (χ2v) is 6.85. The summed E-state index contributed by atoms with van der Waals surface area (Å²) in [7, 11) is 0. The highest BCUT2D eigenvalue weighted by Gasteiger charge is 2.12. The first kappa shape index (κ1) is 20.1. The van der Waals surface area contributed by atoms with Crippen LogP contribution in [0.25, 0.3) is 22.6 Å². The molecular formula is C23H18N3O5-. The minimum atomic E-state index is -0.576. The fraction of sp³-hybridized carbons (Fsp3) is 0.130. The summed E-state index contributed by atoms with van der Waals surface area (Å²) in [5, 5.41) is 23.6. The van der Waals surface area contributed by atoms with Crippen LogP contribution in [0.1, 0.15) is 18.1 Å². The van der Waals surface area contributed by atoms with Crippen LogP contribution in [0.15, 0.2) is 64.0 Å². The highest BCUT2D eigenvalue weighted by Crippen LogP contribution is 2.32. The molecule has 0 radical (unpaired) electrons. The van der Waals surface area contributed by atoms with Gasteiger partial charge in [0, 0.05) is 17.8 Å². The Kier molecular flexibility index (Phi) is 5.36. The Morgan fingerprint density at radius 1 is 1.16 bits per heavy atom. The molecule has 8 heteroatoms. The number of fused-ring (bicyclic) bond motifs is 1. The number of ether oxygens (including phenoxy) is 1. The molecule has 8 nitrogen and oxygen atoms in total. The van der Waals surface area contributed by atoms with E-state index in [4.69, 9.17) is 9.15 Å². The second-order valence-electron chi connectivity index (χ2n) is 6.85. The van der Waals surface area contributed by atoms with E-state index < -0.39 is 10.7 Å². The zero-order chi connectivity index (χ0) is 22.0. The largest absolute Gasteiger partial charge is 0.870 e. The van der Waals surface area contributed by atoms with Crippen molar-refractivity contribution in [3.63, 3.8) is 0 Å². The molecule has 0 spiro atoms. The fourth-order valence-corrected chi connectivity index (χ4v) is 3.03. The third-order valence-corrected chi connectivity index (χ3v) is 4.60. The van der Waals surface area contributed by atoms with E-state index >= 15 is 0 Å². The molecule has 0 fully saturated rings. The van der Waals surface area contributed by atoms with Crippen LogP contribution in [-0.4, -0.2) is 22.7 Å². The van der Waals surface area contributed by atoms with Crippen molar-refractivity contribution in [1.29, 1.82) is 0 Å². The lowest BCUT2D eigenvalue weighted by Crippen LogP contribution is -2.04. The number of oxazole rings is 1. The molecule has 4 rings (SSSR count). The number of non-ortho nitro benzene ring substituents is 1. The zero-order valence-electron chi connectivity index (χ0n) is 16.9. The molecule has 1 heterocycles. The van der Waals surface area contributed by atoms with Crippen molar-refractivity contribution in [2.75, 3.05) is 6.61 Å². The molecule has 0 amide bonds. The maximum Gasteiger partial charge on any atom is 0.273 e. The van der Waals surface area contributed by atoms with E-state index in [1.54, 1.807) is 25.1 Å². The monoisotopic (exact) mass is 416 g/mol. The van der Waals surface area contributed by atoms with Crippen LogP contribution in [0.4, 0.5) is 11.4 Å². The van der Waals surface area contributed by atoms with E-state index in [0.29, 0.717) is 22.7 Å². The Morgan fingerprint density at radius 3 is 2.65 bits per heavy atom. The number of benzene rings is 3. The first-order chi connectivity index (χ1) is 14.9. The number of nitrogens with zero attached hydrogens (tertiary/aromatic N) is 3. The van der Waals surface area contributed by atoms with Gasteiger partial charge >= 0.3 is 0 Å². The molecule has 0 atom stereocenters. The molecule has 0 bridgehead atoms. The number of aliphatic imine (C=N–C) groups is 1. The lowest BCUT2D eigenvalue weighted by atomic mass is 10.1. The van der Waals surface area contributed by atoms with Gasteiger partial charge in [0.05, 0.1) is 23.3 Å². The van der Waals surface area contributed by atoms with Gasteiger partial charge in [-0.3, -0.25) is 15.1 Å². The normalized spacial score (nSPS) is 11.3. The molecule has 0 aliphatic heterocycles. The SMILES string of the molecule is CCOc1cc([N+](=O)[O-])cc(C=Nc2ccc3oc(-c4ccc(C)cc4)nc3c2)c1[O-]. The number of nitro benzene ring substituents is 1. The molecule has 0 aliphatic rings. The van der Waals surface area contributed by atoms with Crippen molar-refractivity contribution in [1.82, 2.24) is 4.98 Å². The first-order valence-electron chi connectivity index (χ1n) is 9.58. The molecule has 0 unspecified atom stereocenters. The van der Waals surface area contributed by atoms with Crippen LogP contribution in [0.2, 0.25) is 0 Å². The number of aryl methyl sites for hydroxylation is 1. The van der Waals surface area contributed by atoms with Gasteiger partial charge < -0.3 is 14.3 Å². The van der Waals surface area contributed by atoms with Crippen LogP contribution in [-0.2, 0) is 0 Å². The minimum Gasteiger partial charge on any atom is -0.870 e. The van der Waals surface area contributed by atoms with E-state index in [9.17, 15) is 15.2 Å². The summed E-state index contributed by atoms with van der Waals surface area (Å²) < 4.78 is 11.0. The van der Waals surface area contributed by atoms with Crippen molar-refractivity contribution >= 4 is 28.7 Å². The standard InChI is InChI=1S/C23H19N3O5/c1-3-30-21-12-18(26(28)29)10-16(22(21)27)13-24-17-8-9-20-19(11-17)25-23(31-20)15-6-4-14(2)5-7-15/h4-13,27H,3H2,1-2H3/p-1. The van der Waals surface area contributed by atoms with E-state index in [1.807, 2.05) is 31.2 Å². The van der Waals surface area contributed by atoms with Crippen LogP contribution in [0, 0.1) is 17.0 Å². The predicted molar refractivity (Wildman–Crippen MR) is 115 cm³/mol. The second kappa shape index (κ2) is 8.27. The third-order valence-electron chi connectivity index (χ3n) is 4.60. The smallest absolute Gasteiger partial charge is 0.273 e. The molecule has 156 valence electrons. The van der Waals surface area contributed by atoms with Gasteiger partial charge in [-0.2, -0.15) is 0 Å². The molecular weight excluding hydrogens is 398 g/mol. The predicted octanol–water partition coefficient (Wildman–Crippen LogP) is 4.93. The number of hydrogen-bond acceptors (Lipinski definition) is 7. The summed E-state index contributed by atoms with van der Waals surface area (Å²) >= 11 is 0. The van der Waals surface area contributed by atoms with Gasteiger partial charge in [0.1, 0.15) is 11.3 Å². The Morgan fingerprint density at radius 2 is 1.94 bits per heavy atom. The topological polar surface area (TPSA) is 114 Å². The van der Waals surface area contributed by atoms with Crippen molar-refractivity contribution in [3.05, 3.63) is 75.8 Å². The number of hydrogen-bond donors (Lipinski definition) is 0.